The molecule has 0 bridgehead atoms. The van der Waals surface area contributed by atoms with Crippen molar-refractivity contribution in [3.8, 4) is 0 Å². The predicted molar refractivity (Wildman–Crippen MR) is 97.2 cm³/mol. The van der Waals surface area contributed by atoms with E-state index in [1.54, 1.807) is 4.90 Å². The molecule has 4 unspecified atom stereocenters. The Morgan fingerprint density at radius 1 is 1.08 bits per heavy atom. The third-order valence-electron chi connectivity index (χ3n) is 6.08. The SMILES string of the molecule is CC1CN(C(=O)OC(C)(C)C)CCC1CN1C(=O)C2CCCCC2C1=O. The highest BCUT2D eigenvalue weighted by Crippen LogP contribution is 2.39. The lowest BCUT2D eigenvalue weighted by Gasteiger charge is -2.38. The van der Waals surface area contributed by atoms with E-state index < -0.39 is 5.60 Å². The lowest BCUT2D eigenvalue weighted by molar-refractivity contribution is -0.141. The van der Waals surface area contributed by atoms with Gasteiger partial charge in [0.1, 0.15) is 5.60 Å². The molecule has 3 aliphatic rings. The Kier molecular flexibility index (Phi) is 5.31. The third-order valence-corrected chi connectivity index (χ3v) is 6.08. The second-order valence-electron chi connectivity index (χ2n) is 9.24. The van der Waals surface area contributed by atoms with Crippen molar-refractivity contribution in [1.82, 2.24) is 9.80 Å². The Balaban J connectivity index is 1.58. The summed E-state index contributed by atoms with van der Waals surface area (Å²) >= 11 is 0. The smallest absolute Gasteiger partial charge is 0.410 e. The fraction of sp³-hybridized carbons (Fsp3) is 0.850. The average Bonchev–Trinajstić information content (AvgIpc) is 2.80. The third kappa shape index (κ3) is 3.89. The fourth-order valence-corrected chi connectivity index (χ4v) is 4.60. The molecule has 0 spiro atoms. The van der Waals surface area contributed by atoms with Gasteiger partial charge in [0.15, 0.2) is 0 Å². The summed E-state index contributed by atoms with van der Waals surface area (Å²) < 4.78 is 5.46. The van der Waals surface area contributed by atoms with E-state index in [0.29, 0.717) is 19.6 Å². The van der Waals surface area contributed by atoms with Crippen LogP contribution in [0.4, 0.5) is 4.79 Å². The summed E-state index contributed by atoms with van der Waals surface area (Å²) in [5.74, 6) is 0.422. The molecule has 0 aromatic rings. The number of fused-ring (bicyclic) bond motifs is 1. The Labute approximate surface area is 156 Å². The number of carbonyl (C=O) groups is 3. The first kappa shape index (κ1) is 19.2. The van der Waals surface area contributed by atoms with Crippen LogP contribution in [0.15, 0.2) is 0 Å². The molecule has 2 saturated heterocycles. The van der Waals surface area contributed by atoms with Gasteiger partial charge in [-0.05, 0) is 51.9 Å². The zero-order valence-corrected chi connectivity index (χ0v) is 16.5. The highest BCUT2D eigenvalue weighted by Gasteiger charge is 2.49. The molecule has 6 nitrogen and oxygen atoms in total. The van der Waals surface area contributed by atoms with E-state index in [1.807, 2.05) is 20.8 Å². The molecule has 1 saturated carbocycles. The van der Waals surface area contributed by atoms with Crippen LogP contribution in [0.2, 0.25) is 0 Å². The van der Waals surface area contributed by atoms with Gasteiger partial charge in [-0.2, -0.15) is 0 Å². The van der Waals surface area contributed by atoms with Gasteiger partial charge in [0.25, 0.3) is 0 Å². The van der Waals surface area contributed by atoms with Gasteiger partial charge in [0.05, 0.1) is 11.8 Å². The van der Waals surface area contributed by atoms with Crippen molar-refractivity contribution in [3.63, 3.8) is 0 Å². The van der Waals surface area contributed by atoms with Gasteiger partial charge in [-0.1, -0.05) is 19.8 Å². The zero-order chi connectivity index (χ0) is 19.1. The molecule has 0 radical (unpaired) electrons. The number of amides is 3. The number of rotatable bonds is 2. The van der Waals surface area contributed by atoms with Crippen molar-refractivity contribution in [2.75, 3.05) is 19.6 Å². The number of hydrogen-bond acceptors (Lipinski definition) is 4. The first-order chi connectivity index (χ1) is 12.2. The van der Waals surface area contributed by atoms with E-state index in [0.717, 1.165) is 32.1 Å². The van der Waals surface area contributed by atoms with Crippen molar-refractivity contribution >= 4 is 17.9 Å². The molecule has 0 N–H and O–H groups in total. The van der Waals surface area contributed by atoms with Crippen molar-refractivity contribution < 1.29 is 19.1 Å². The molecule has 2 aliphatic heterocycles. The van der Waals surface area contributed by atoms with E-state index in [1.165, 1.54) is 4.90 Å². The zero-order valence-electron chi connectivity index (χ0n) is 16.5. The van der Waals surface area contributed by atoms with Crippen molar-refractivity contribution in [3.05, 3.63) is 0 Å². The van der Waals surface area contributed by atoms with Crippen molar-refractivity contribution in [2.24, 2.45) is 23.7 Å². The molecule has 1 aliphatic carbocycles. The molecule has 3 fully saturated rings. The summed E-state index contributed by atoms with van der Waals surface area (Å²) in [6, 6.07) is 0. The summed E-state index contributed by atoms with van der Waals surface area (Å²) in [5, 5.41) is 0. The normalized spacial score (nSPS) is 32.6. The van der Waals surface area contributed by atoms with Crippen LogP contribution < -0.4 is 0 Å². The molecule has 3 rings (SSSR count). The van der Waals surface area contributed by atoms with Crippen LogP contribution in [0.5, 0.6) is 0 Å². The summed E-state index contributed by atoms with van der Waals surface area (Å²) in [4.78, 5) is 40.9. The van der Waals surface area contributed by atoms with Gasteiger partial charge >= 0.3 is 6.09 Å². The van der Waals surface area contributed by atoms with E-state index in [-0.39, 0.29) is 41.6 Å². The second-order valence-corrected chi connectivity index (χ2v) is 9.24. The van der Waals surface area contributed by atoms with E-state index in [9.17, 15) is 14.4 Å². The van der Waals surface area contributed by atoms with Gasteiger partial charge in [-0.15, -0.1) is 0 Å². The first-order valence-electron chi connectivity index (χ1n) is 10.0. The number of likely N-dealkylation sites (tertiary alicyclic amines) is 2. The average molecular weight is 364 g/mol. The Bertz CT molecular complexity index is 559. The molecule has 26 heavy (non-hydrogen) atoms. The van der Waals surface area contributed by atoms with Crippen LogP contribution in [-0.2, 0) is 14.3 Å². The minimum absolute atomic E-state index is 0.0430. The number of hydrogen-bond donors (Lipinski definition) is 0. The summed E-state index contributed by atoms with van der Waals surface area (Å²) in [5.41, 5.74) is -0.498. The Hall–Kier alpha value is -1.59. The molecule has 0 aromatic carbocycles. The minimum Gasteiger partial charge on any atom is -0.444 e. The van der Waals surface area contributed by atoms with Gasteiger partial charge in [0, 0.05) is 19.6 Å². The molecule has 0 aromatic heterocycles. The number of carbonyl (C=O) groups excluding carboxylic acids is 3. The summed E-state index contributed by atoms with van der Waals surface area (Å²) in [6.07, 6.45) is 4.35. The minimum atomic E-state index is -0.498. The summed E-state index contributed by atoms with van der Waals surface area (Å²) in [7, 11) is 0. The standard InChI is InChI=1S/C20H32N2O4/c1-13-11-21(19(25)26-20(2,3)4)10-9-14(13)12-22-17(23)15-7-5-6-8-16(15)18(22)24/h13-16H,5-12H2,1-4H3. The lowest BCUT2D eigenvalue weighted by Crippen LogP contribution is -2.48. The predicted octanol–water partition coefficient (Wildman–Crippen LogP) is 3.05. The van der Waals surface area contributed by atoms with Gasteiger partial charge in [-0.3, -0.25) is 14.5 Å². The maximum Gasteiger partial charge on any atom is 0.410 e. The van der Waals surface area contributed by atoms with Crippen LogP contribution in [0, 0.1) is 23.7 Å². The second kappa shape index (κ2) is 7.20. The Morgan fingerprint density at radius 2 is 1.65 bits per heavy atom. The van der Waals surface area contributed by atoms with Crippen LogP contribution >= 0.6 is 0 Å². The van der Waals surface area contributed by atoms with Crippen LogP contribution in [0.3, 0.4) is 0 Å². The molecular weight excluding hydrogens is 332 g/mol. The number of piperidine rings is 1. The van der Waals surface area contributed by atoms with E-state index >= 15 is 0 Å². The largest absolute Gasteiger partial charge is 0.444 e. The Morgan fingerprint density at radius 3 is 2.15 bits per heavy atom. The lowest BCUT2D eigenvalue weighted by atomic mass is 9.81. The van der Waals surface area contributed by atoms with Crippen LogP contribution in [0.1, 0.15) is 59.8 Å². The maximum absolute atomic E-state index is 12.7. The van der Waals surface area contributed by atoms with Gasteiger partial charge in [-0.25, -0.2) is 4.79 Å². The monoisotopic (exact) mass is 364 g/mol. The van der Waals surface area contributed by atoms with E-state index in [4.69, 9.17) is 4.74 Å². The first-order valence-corrected chi connectivity index (χ1v) is 10.0. The molecule has 6 heteroatoms. The van der Waals surface area contributed by atoms with Gasteiger partial charge in [0.2, 0.25) is 11.8 Å². The highest BCUT2D eigenvalue weighted by molar-refractivity contribution is 6.05. The number of ether oxygens (including phenoxy) is 1. The molecule has 3 amide bonds. The van der Waals surface area contributed by atoms with Gasteiger partial charge < -0.3 is 9.64 Å². The molecular formula is C20H32N2O4. The summed E-state index contributed by atoms with van der Waals surface area (Å²) in [6.45, 7) is 9.43. The molecule has 146 valence electrons. The van der Waals surface area contributed by atoms with Crippen LogP contribution in [0.25, 0.3) is 0 Å². The number of nitrogens with zero attached hydrogens (tertiary/aromatic N) is 2. The quantitative estimate of drug-likeness (QED) is 0.706. The topological polar surface area (TPSA) is 66.9 Å². The fourth-order valence-electron chi connectivity index (χ4n) is 4.60. The highest BCUT2D eigenvalue weighted by atomic mass is 16.6. The molecule has 2 heterocycles. The molecule has 4 atom stereocenters. The maximum atomic E-state index is 12.7. The van der Waals surface area contributed by atoms with Crippen molar-refractivity contribution in [1.29, 1.82) is 0 Å². The van der Waals surface area contributed by atoms with Crippen LogP contribution in [-0.4, -0.2) is 52.9 Å². The van der Waals surface area contributed by atoms with Crippen molar-refractivity contribution in [2.45, 2.75) is 65.4 Å². The number of imide groups is 1. The van der Waals surface area contributed by atoms with E-state index in [2.05, 4.69) is 6.92 Å².